The Labute approximate surface area is 124 Å². The number of furan rings is 1. The summed E-state index contributed by atoms with van der Waals surface area (Å²) < 4.78 is 4.95. The molecule has 0 bridgehead atoms. The molecule has 2 aliphatic rings. The number of piperazine rings is 1. The van der Waals surface area contributed by atoms with E-state index in [-0.39, 0.29) is 17.9 Å². The highest BCUT2D eigenvalue weighted by atomic mass is 16.3. The zero-order valence-electron chi connectivity index (χ0n) is 12.2. The molecule has 1 saturated carbocycles. The van der Waals surface area contributed by atoms with Crippen LogP contribution in [0.25, 0.3) is 0 Å². The molecule has 6 nitrogen and oxygen atoms in total. The van der Waals surface area contributed by atoms with Crippen LogP contribution in [0.5, 0.6) is 0 Å². The van der Waals surface area contributed by atoms with Crippen LogP contribution in [0.2, 0.25) is 0 Å². The quantitative estimate of drug-likeness (QED) is 0.887. The number of amides is 2. The summed E-state index contributed by atoms with van der Waals surface area (Å²) in [6, 6.07) is 1.95. The summed E-state index contributed by atoms with van der Waals surface area (Å²) in [6.07, 6.45) is 5.19. The lowest BCUT2D eigenvalue weighted by atomic mass is 10.2. The molecule has 1 saturated heterocycles. The molecule has 1 atom stereocenters. The first-order chi connectivity index (χ1) is 10.1. The zero-order valence-corrected chi connectivity index (χ0v) is 12.2. The van der Waals surface area contributed by atoms with Gasteiger partial charge in [0.05, 0.1) is 17.9 Å². The second-order valence-corrected chi connectivity index (χ2v) is 5.80. The van der Waals surface area contributed by atoms with Crippen LogP contribution in [-0.2, 0) is 4.79 Å². The molecule has 0 spiro atoms. The van der Waals surface area contributed by atoms with Crippen LogP contribution in [-0.4, -0.2) is 59.9 Å². The van der Waals surface area contributed by atoms with Crippen LogP contribution in [0.15, 0.2) is 23.0 Å². The first-order valence-corrected chi connectivity index (χ1v) is 7.51. The highest BCUT2D eigenvalue weighted by Crippen LogP contribution is 2.19. The molecule has 1 aromatic heterocycles. The maximum atomic E-state index is 12.2. The molecule has 1 N–H and O–H groups in total. The molecule has 6 heteroatoms. The molecule has 0 radical (unpaired) electrons. The van der Waals surface area contributed by atoms with Gasteiger partial charge in [-0.25, -0.2) is 0 Å². The van der Waals surface area contributed by atoms with Gasteiger partial charge in [0.2, 0.25) is 5.91 Å². The van der Waals surface area contributed by atoms with Crippen molar-refractivity contribution in [2.24, 2.45) is 0 Å². The van der Waals surface area contributed by atoms with Gasteiger partial charge in [0.25, 0.3) is 5.91 Å². The number of nitrogens with zero attached hydrogens (tertiary/aromatic N) is 2. The molecule has 0 aromatic carbocycles. The van der Waals surface area contributed by atoms with Gasteiger partial charge in [-0.15, -0.1) is 0 Å². The van der Waals surface area contributed by atoms with Crippen LogP contribution in [0, 0.1) is 0 Å². The predicted molar refractivity (Wildman–Crippen MR) is 76.8 cm³/mol. The van der Waals surface area contributed by atoms with Crippen LogP contribution in [0.3, 0.4) is 0 Å². The third-order valence-electron chi connectivity index (χ3n) is 4.22. The molecule has 2 amide bonds. The highest BCUT2D eigenvalue weighted by molar-refractivity contribution is 5.93. The van der Waals surface area contributed by atoms with E-state index in [1.807, 2.05) is 11.8 Å². The Morgan fingerprint density at radius 3 is 2.57 bits per heavy atom. The van der Waals surface area contributed by atoms with Gasteiger partial charge in [-0.05, 0) is 25.8 Å². The Kier molecular flexibility index (Phi) is 3.96. The molecule has 1 aliphatic heterocycles. The zero-order chi connectivity index (χ0) is 14.8. The minimum atomic E-state index is -0.128. The minimum Gasteiger partial charge on any atom is -0.472 e. The molecule has 2 fully saturated rings. The van der Waals surface area contributed by atoms with Crippen LogP contribution in [0.1, 0.15) is 30.1 Å². The van der Waals surface area contributed by atoms with Crippen molar-refractivity contribution in [2.75, 3.05) is 26.2 Å². The fraction of sp³-hybridized carbons (Fsp3) is 0.600. The monoisotopic (exact) mass is 291 g/mol. The van der Waals surface area contributed by atoms with Crippen molar-refractivity contribution in [2.45, 2.75) is 31.8 Å². The fourth-order valence-corrected chi connectivity index (χ4v) is 2.60. The number of nitrogens with one attached hydrogen (secondary N) is 1. The minimum absolute atomic E-state index is 0.00140. The summed E-state index contributed by atoms with van der Waals surface area (Å²) in [7, 11) is 0. The van der Waals surface area contributed by atoms with E-state index in [2.05, 4.69) is 10.2 Å². The van der Waals surface area contributed by atoms with Crippen molar-refractivity contribution in [3.8, 4) is 0 Å². The molecule has 3 rings (SSSR count). The van der Waals surface area contributed by atoms with Gasteiger partial charge in [-0.3, -0.25) is 14.5 Å². The van der Waals surface area contributed by atoms with Gasteiger partial charge in [0.1, 0.15) is 6.26 Å². The summed E-state index contributed by atoms with van der Waals surface area (Å²) in [5, 5.41) is 3.03. The smallest absolute Gasteiger partial charge is 0.257 e. The molecule has 1 aliphatic carbocycles. The molecular formula is C15H21N3O3. The lowest BCUT2D eigenvalue weighted by molar-refractivity contribution is -0.126. The molecule has 1 unspecified atom stereocenters. The molecule has 1 aromatic rings. The summed E-state index contributed by atoms with van der Waals surface area (Å²) in [4.78, 5) is 28.2. The van der Waals surface area contributed by atoms with E-state index in [4.69, 9.17) is 4.42 Å². The number of rotatable bonds is 4. The predicted octanol–water partition coefficient (Wildman–Crippen LogP) is 0.704. The van der Waals surface area contributed by atoms with Crippen molar-refractivity contribution in [3.05, 3.63) is 24.2 Å². The number of carbonyl (C=O) groups excluding carboxylic acids is 2. The van der Waals surface area contributed by atoms with Crippen molar-refractivity contribution < 1.29 is 14.0 Å². The second-order valence-electron chi connectivity index (χ2n) is 5.80. The maximum Gasteiger partial charge on any atom is 0.257 e. The summed E-state index contributed by atoms with van der Waals surface area (Å²) in [5.74, 6) is 0.102. The van der Waals surface area contributed by atoms with Gasteiger partial charge in [0, 0.05) is 32.2 Å². The first kappa shape index (κ1) is 14.1. The molecule has 2 heterocycles. The van der Waals surface area contributed by atoms with E-state index < -0.39 is 0 Å². The average Bonchev–Trinajstić information content (AvgIpc) is 3.15. The Hall–Kier alpha value is -1.82. The second kappa shape index (κ2) is 5.89. The SMILES string of the molecule is CC(C(=O)NC1CC1)N1CCN(C(=O)c2ccoc2)CC1. The van der Waals surface area contributed by atoms with Crippen molar-refractivity contribution in [1.29, 1.82) is 0 Å². The van der Waals surface area contributed by atoms with Crippen molar-refractivity contribution >= 4 is 11.8 Å². The van der Waals surface area contributed by atoms with Gasteiger partial charge >= 0.3 is 0 Å². The van der Waals surface area contributed by atoms with Gasteiger partial charge < -0.3 is 14.6 Å². The number of hydrogen-bond acceptors (Lipinski definition) is 4. The summed E-state index contributed by atoms with van der Waals surface area (Å²) in [6.45, 7) is 4.67. The number of carbonyl (C=O) groups is 2. The third kappa shape index (κ3) is 3.26. The standard InChI is InChI=1S/C15H21N3O3/c1-11(14(19)16-13-2-3-13)17-5-7-18(8-6-17)15(20)12-4-9-21-10-12/h4,9-11,13H,2-3,5-8H2,1H3,(H,16,19). The number of hydrogen-bond donors (Lipinski definition) is 1. The van der Waals surface area contributed by atoms with E-state index in [0.29, 0.717) is 24.7 Å². The average molecular weight is 291 g/mol. The van der Waals surface area contributed by atoms with Gasteiger partial charge in [-0.2, -0.15) is 0 Å². The van der Waals surface area contributed by atoms with Crippen molar-refractivity contribution in [3.63, 3.8) is 0 Å². The van der Waals surface area contributed by atoms with Crippen LogP contribution >= 0.6 is 0 Å². The van der Waals surface area contributed by atoms with E-state index in [9.17, 15) is 9.59 Å². The third-order valence-corrected chi connectivity index (χ3v) is 4.22. The molecule has 21 heavy (non-hydrogen) atoms. The Balaban J connectivity index is 1.50. The Morgan fingerprint density at radius 2 is 2.00 bits per heavy atom. The topological polar surface area (TPSA) is 65.8 Å². The summed E-state index contributed by atoms with van der Waals surface area (Å²) >= 11 is 0. The molecular weight excluding hydrogens is 270 g/mol. The summed E-state index contributed by atoms with van der Waals surface area (Å²) in [5.41, 5.74) is 0.586. The van der Waals surface area contributed by atoms with E-state index >= 15 is 0 Å². The Bertz CT molecular complexity index is 502. The maximum absolute atomic E-state index is 12.2. The Morgan fingerprint density at radius 1 is 1.29 bits per heavy atom. The van der Waals surface area contributed by atoms with E-state index in [1.54, 1.807) is 6.07 Å². The van der Waals surface area contributed by atoms with Crippen LogP contribution < -0.4 is 5.32 Å². The van der Waals surface area contributed by atoms with Gasteiger partial charge in [-0.1, -0.05) is 0 Å². The van der Waals surface area contributed by atoms with Gasteiger partial charge in [0.15, 0.2) is 0 Å². The van der Waals surface area contributed by atoms with E-state index in [0.717, 1.165) is 25.9 Å². The normalized spacial score (nSPS) is 21.1. The van der Waals surface area contributed by atoms with Crippen LogP contribution in [0.4, 0.5) is 0 Å². The lowest BCUT2D eigenvalue weighted by Crippen LogP contribution is -2.55. The van der Waals surface area contributed by atoms with Crippen molar-refractivity contribution in [1.82, 2.24) is 15.1 Å². The highest BCUT2D eigenvalue weighted by Gasteiger charge is 2.31. The van der Waals surface area contributed by atoms with E-state index in [1.165, 1.54) is 12.5 Å². The largest absolute Gasteiger partial charge is 0.472 e. The fourth-order valence-electron chi connectivity index (χ4n) is 2.60. The lowest BCUT2D eigenvalue weighted by Gasteiger charge is -2.37. The first-order valence-electron chi connectivity index (χ1n) is 7.51. The molecule has 114 valence electrons.